The summed E-state index contributed by atoms with van der Waals surface area (Å²) in [6, 6.07) is 9.27. The molecule has 0 aliphatic heterocycles. The lowest BCUT2D eigenvalue weighted by Crippen LogP contribution is -2.04. The van der Waals surface area contributed by atoms with E-state index in [2.05, 4.69) is 11.1 Å². The second kappa shape index (κ2) is 4.69. The number of aryl methyl sites for hydroxylation is 1. The number of aromatic nitrogens is 1. The summed E-state index contributed by atoms with van der Waals surface area (Å²) in [5.41, 5.74) is 4.75. The number of carboxylic acids is 1. The molecule has 1 aliphatic carbocycles. The van der Waals surface area contributed by atoms with Gasteiger partial charge in [0.1, 0.15) is 0 Å². The molecule has 3 rings (SSSR count). The Bertz CT molecular complexity index is 660. The third-order valence-corrected chi connectivity index (χ3v) is 3.40. The van der Waals surface area contributed by atoms with Crippen LogP contribution in [0.25, 0.3) is 5.57 Å². The fourth-order valence-corrected chi connectivity index (χ4v) is 2.47. The van der Waals surface area contributed by atoms with Gasteiger partial charge in [-0.1, -0.05) is 12.1 Å². The number of hydrogen-bond acceptors (Lipinski definition) is 2. The van der Waals surface area contributed by atoms with E-state index in [1.54, 1.807) is 24.5 Å². The van der Waals surface area contributed by atoms with Crippen LogP contribution in [-0.2, 0) is 6.42 Å². The Morgan fingerprint density at radius 3 is 2.68 bits per heavy atom. The topological polar surface area (TPSA) is 50.2 Å². The number of benzene rings is 1. The molecule has 1 aromatic heterocycles. The number of carbonyl (C=O) groups is 1. The first kappa shape index (κ1) is 11.7. The summed E-state index contributed by atoms with van der Waals surface area (Å²) >= 11 is 0. The van der Waals surface area contributed by atoms with Crippen LogP contribution in [0.4, 0.5) is 0 Å². The number of nitrogens with zero attached hydrogens (tertiary/aromatic N) is 1. The molecule has 0 saturated carbocycles. The summed E-state index contributed by atoms with van der Waals surface area (Å²) in [6.07, 6.45) is 7.63. The summed E-state index contributed by atoms with van der Waals surface area (Å²) in [5.74, 6) is -0.887. The number of carboxylic acid groups (broad SMARTS) is 1. The van der Waals surface area contributed by atoms with Crippen LogP contribution in [0.3, 0.4) is 0 Å². The smallest absolute Gasteiger partial charge is 0.335 e. The molecule has 0 unspecified atom stereocenters. The second-order valence-corrected chi connectivity index (χ2v) is 4.57. The molecule has 0 amide bonds. The first-order chi connectivity index (χ1) is 9.25. The van der Waals surface area contributed by atoms with Gasteiger partial charge >= 0.3 is 5.97 Å². The second-order valence-electron chi connectivity index (χ2n) is 4.57. The van der Waals surface area contributed by atoms with Gasteiger partial charge < -0.3 is 5.11 Å². The molecule has 0 spiro atoms. The number of fused-ring (bicyclic) bond motifs is 1. The van der Waals surface area contributed by atoms with Crippen LogP contribution in [0, 0.1) is 0 Å². The van der Waals surface area contributed by atoms with Gasteiger partial charge in [-0.25, -0.2) is 4.79 Å². The Balaban J connectivity index is 2.13. The van der Waals surface area contributed by atoms with E-state index in [1.165, 1.54) is 5.56 Å². The summed E-state index contributed by atoms with van der Waals surface area (Å²) in [7, 11) is 0. The van der Waals surface area contributed by atoms with Crippen molar-refractivity contribution < 1.29 is 9.90 Å². The van der Waals surface area contributed by atoms with Gasteiger partial charge in [-0.05, 0) is 59.4 Å². The molecule has 3 nitrogen and oxygen atoms in total. The van der Waals surface area contributed by atoms with E-state index in [0.717, 1.165) is 29.5 Å². The van der Waals surface area contributed by atoms with Crippen LogP contribution in [0.1, 0.15) is 33.5 Å². The quantitative estimate of drug-likeness (QED) is 0.892. The summed E-state index contributed by atoms with van der Waals surface area (Å²) in [5, 5.41) is 9.11. The van der Waals surface area contributed by atoms with Crippen LogP contribution >= 0.6 is 0 Å². The van der Waals surface area contributed by atoms with E-state index in [9.17, 15) is 4.79 Å². The van der Waals surface area contributed by atoms with Crippen LogP contribution in [0.5, 0.6) is 0 Å². The number of aromatic carboxylic acids is 1. The molecule has 2 aromatic rings. The average Bonchev–Trinajstić information content (AvgIpc) is 2.47. The minimum Gasteiger partial charge on any atom is -0.478 e. The van der Waals surface area contributed by atoms with Crippen molar-refractivity contribution in [2.75, 3.05) is 0 Å². The SMILES string of the molecule is O=C(O)c1ccc2c(c1)C(c1ccncc1)=CCC2. The molecule has 1 heterocycles. The minimum atomic E-state index is -0.887. The number of hydrogen-bond donors (Lipinski definition) is 1. The van der Waals surface area contributed by atoms with Crippen molar-refractivity contribution in [2.24, 2.45) is 0 Å². The van der Waals surface area contributed by atoms with Crippen molar-refractivity contribution in [3.8, 4) is 0 Å². The maximum atomic E-state index is 11.1. The zero-order valence-corrected chi connectivity index (χ0v) is 10.3. The van der Waals surface area contributed by atoms with E-state index in [1.807, 2.05) is 18.2 Å². The van der Waals surface area contributed by atoms with Gasteiger partial charge in [0, 0.05) is 12.4 Å². The predicted molar refractivity (Wildman–Crippen MR) is 73.0 cm³/mol. The van der Waals surface area contributed by atoms with Crippen molar-refractivity contribution in [3.63, 3.8) is 0 Å². The Morgan fingerprint density at radius 2 is 1.95 bits per heavy atom. The molecule has 94 valence electrons. The highest BCUT2D eigenvalue weighted by molar-refractivity contribution is 5.91. The van der Waals surface area contributed by atoms with Gasteiger partial charge in [-0.15, -0.1) is 0 Å². The van der Waals surface area contributed by atoms with E-state index in [-0.39, 0.29) is 0 Å². The minimum absolute atomic E-state index is 0.334. The van der Waals surface area contributed by atoms with Crippen LogP contribution in [0.2, 0.25) is 0 Å². The molecule has 0 radical (unpaired) electrons. The molecule has 0 fully saturated rings. The maximum absolute atomic E-state index is 11.1. The van der Waals surface area contributed by atoms with Crippen molar-refractivity contribution in [1.82, 2.24) is 4.98 Å². The molecule has 1 aliphatic rings. The molecular weight excluding hydrogens is 238 g/mol. The van der Waals surface area contributed by atoms with E-state index in [4.69, 9.17) is 5.11 Å². The first-order valence-corrected chi connectivity index (χ1v) is 6.23. The fourth-order valence-electron chi connectivity index (χ4n) is 2.47. The standard InChI is InChI=1S/C16H13NO2/c18-16(19)13-5-4-11-2-1-3-14(15(11)10-13)12-6-8-17-9-7-12/h3-10H,1-2H2,(H,18,19). The molecular formula is C16H13NO2. The van der Waals surface area contributed by atoms with Gasteiger partial charge in [-0.2, -0.15) is 0 Å². The highest BCUT2D eigenvalue weighted by Gasteiger charge is 2.16. The van der Waals surface area contributed by atoms with Gasteiger partial charge in [0.2, 0.25) is 0 Å². The highest BCUT2D eigenvalue weighted by Crippen LogP contribution is 2.32. The molecule has 0 saturated heterocycles. The molecule has 1 aromatic carbocycles. The first-order valence-electron chi connectivity index (χ1n) is 6.23. The maximum Gasteiger partial charge on any atom is 0.335 e. The van der Waals surface area contributed by atoms with Gasteiger partial charge in [0.15, 0.2) is 0 Å². The van der Waals surface area contributed by atoms with Crippen molar-refractivity contribution >= 4 is 11.5 Å². The lowest BCUT2D eigenvalue weighted by atomic mass is 9.86. The van der Waals surface area contributed by atoms with Crippen LogP contribution < -0.4 is 0 Å². The van der Waals surface area contributed by atoms with Crippen molar-refractivity contribution in [1.29, 1.82) is 0 Å². The van der Waals surface area contributed by atoms with Crippen LogP contribution in [-0.4, -0.2) is 16.1 Å². The zero-order valence-electron chi connectivity index (χ0n) is 10.3. The number of allylic oxidation sites excluding steroid dienone is 1. The third-order valence-electron chi connectivity index (χ3n) is 3.40. The zero-order chi connectivity index (χ0) is 13.2. The predicted octanol–water partition coefficient (Wildman–Crippen LogP) is 3.16. The Labute approximate surface area is 111 Å². The Morgan fingerprint density at radius 1 is 1.16 bits per heavy atom. The molecule has 3 heteroatoms. The van der Waals surface area contributed by atoms with E-state index < -0.39 is 5.97 Å². The highest BCUT2D eigenvalue weighted by atomic mass is 16.4. The Kier molecular flexibility index (Phi) is 2.88. The monoisotopic (exact) mass is 251 g/mol. The average molecular weight is 251 g/mol. The molecule has 1 N–H and O–H groups in total. The lowest BCUT2D eigenvalue weighted by molar-refractivity contribution is 0.0697. The summed E-state index contributed by atoms with van der Waals surface area (Å²) in [4.78, 5) is 15.1. The number of pyridine rings is 1. The lowest BCUT2D eigenvalue weighted by Gasteiger charge is -2.18. The normalized spacial score (nSPS) is 13.6. The van der Waals surface area contributed by atoms with Gasteiger partial charge in [-0.3, -0.25) is 4.98 Å². The van der Waals surface area contributed by atoms with E-state index >= 15 is 0 Å². The fraction of sp³-hybridized carbons (Fsp3) is 0.125. The molecule has 0 bridgehead atoms. The third kappa shape index (κ3) is 2.15. The largest absolute Gasteiger partial charge is 0.478 e. The van der Waals surface area contributed by atoms with Gasteiger partial charge in [0.25, 0.3) is 0 Å². The van der Waals surface area contributed by atoms with Crippen molar-refractivity contribution in [3.05, 3.63) is 71.1 Å². The summed E-state index contributed by atoms with van der Waals surface area (Å²) < 4.78 is 0. The van der Waals surface area contributed by atoms with Crippen molar-refractivity contribution in [2.45, 2.75) is 12.8 Å². The summed E-state index contributed by atoms with van der Waals surface area (Å²) in [6.45, 7) is 0. The van der Waals surface area contributed by atoms with E-state index in [0.29, 0.717) is 5.56 Å². The Hall–Kier alpha value is -2.42. The molecule has 0 atom stereocenters. The van der Waals surface area contributed by atoms with Crippen LogP contribution in [0.15, 0.2) is 48.8 Å². The van der Waals surface area contributed by atoms with Gasteiger partial charge in [0.05, 0.1) is 5.56 Å². The number of rotatable bonds is 2. The molecule has 19 heavy (non-hydrogen) atoms.